The lowest BCUT2D eigenvalue weighted by Gasteiger charge is -2.25. The molecule has 0 saturated carbocycles. The molecule has 0 unspecified atom stereocenters. The molecule has 0 aromatic heterocycles. The summed E-state index contributed by atoms with van der Waals surface area (Å²) >= 11 is 5.98. The Labute approximate surface area is 142 Å². The first-order chi connectivity index (χ1) is 10.6. The zero-order valence-corrected chi connectivity index (χ0v) is 15.3. The molecule has 0 atom stereocenters. The van der Waals surface area contributed by atoms with Gasteiger partial charge in [0.15, 0.2) is 0 Å². The Hall–Kier alpha value is -1.31. The van der Waals surface area contributed by atoms with Crippen molar-refractivity contribution in [2.45, 2.75) is 20.4 Å². The molecule has 0 fully saturated rings. The predicted octanol–water partition coefficient (Wildman–Crippen LogP) is 2.31. The molecule has 0 radical (unpaired) electrons. The number of amides is 1. The number of carbonyl (C=O) groups excluding carboxylic acids is 1. The fourth-order valence-corrected chi connectivity index (χ4v) is 2.64. The van der Waals surface area contributed by atoms with Crippen LogP contribution in [0.3, 0.4) is 0 Å². The summed E-state index contributed by atoms with van der Waals surface area (Å²) in [5.41, 5.74) is 0.521. The molecule has 0 aliphatic heterocycles. The number of carbonyl (C=O) groups is 1. The Morgan fingerprint density at radius 1 is 1.35 bits per heavy atom. The topological polar surface area (TPSA) is 72.9 Å². The molecule has 23 heavy (non-hydrogen) atoms. The van der Waals surface area contributed by atoms with Gasteiger partial charge in [0.1, 0.15) is 5.75 Å². The molecule has 1 rings (SSSR count). The van der Waals surface area contributed by atoms with E-state index < -0.39 is 10.1 Å². The van der Waals surface area contributed by atoms with Crippen molar-refractivity contribution in [1.29, 1.82) is 0 Å². The largest absolute Gasteiger partial charge is 0.383 e. The van der Waals surface area contributed by atoms with E-state index in [2.05, 4.69) is 0 Å². The summed E-state index contributed by atoms with van der Waals surface area (Å²) in [6, 6.07) is 4.61. The summed E-state index contributed by atoms with van der Waals surface area (Å²) in [7, 11) is -2.12. The minimum absolute atomic E-state index is 0.0627. The molecule has 130 valence electrons. The first kappa shape index (κ1) is 19.7. The highest BCUT2D eigenvalue weighted by Gasteiger charge is 2.20. The summed E-state index contributed by atoms with van der Waals surface area (Å²) in [6.45, 7) is 4.55. The Kier molecular flexibility index (Phi) is 7.31. The van der Waals surface area contributed by atoms with Crippen molar-refractivity contribution in [3.63, 3.8) is 0 Å². The molecular weight excluding hydrogens is 342 g/mol. The minimum Gasteiger partial charge on any atom is -0.383 e. The second kappa shape index (κ2) is 8.52. The molecular formula is C15H22ClNO5S. The minimum atomic E-state index is -3.67. The van der Waals surface area contributed by atoms with Gasteiger partial charge >= 0.3 is 10.1 Å². The summed E-state index contributed by atoms with van der Waals surface area (Å²) in [5.74, 6) is -0.0893. The monoisotopic (exact) mass is 363 g/mol. The van der Waals surface area contributed by atoms with Gasteiger partial charge in [0.2, 0.25) is 5.91 Å². The summed E-state index contributed by atoms with van der Waals surface area (Å²) in [5, 5.41) is 0.435. The fraction of sp³-hybridized carbons (Fsp3) is 0.533. The van der Waals surface area contributed by atoms with Gasteiger partial charge in [-0.2, -0.15) is 8.42 Å². The van der Waals surface area contributed by atoms with Crippen molar-refractivity contribution < 1.29 is 22.1 Å². The van der Waals surface area contributed by atoms with Gasteiger partial charge in [0, 0.05) is 36.7 Å². The highest BCUT2D eigenvalue weighted by Crippen LogP contribution is 2.26. The third-order valence-electron chi connectivity index (χ3n) is 3.00. The van der Waals surface area contributed by atoms with Crippen molar-refractivity contribution >= 4 is 27.6 Å². The quantitative estimate of drug-likeness (QED) is 0.663. The number of nitrogens with zero attached hydrogens (tertiary/aromatic N) is 1. The lowest BCUT2D eigenvalue weighted by atomic mass is 10.1. The first-order valence-electron chi connectivity index (χ1n) is 7.09. The van der Waals surface area contributed by atoms with E-state index in [0.717, 1.165) is 6.26 Å². The lowest BCUT2D eigenvalue weighted by Crippen LogP contribution is -2.36. The van der Waals surface area contributed by atoms with Crippen LogP contribution in [0.15, 0.2) is 18.2 Å². The molecule has 1 amide bonds. The number of ether oxygens (including phenoxy) is 1. The molecule has 1 aromatic carbocycles. The number of hydrogen-bond donors (Lipinski definition) is 0. The van der Waals surface area contributed by atoms with Crippen molar-refractivity contribution in [3.05, 3.63) is 28.8 Å². The fourth-order valence-electron chi connectivity index (χ4n) is 1.96. The van der Waals surface area contributed by atoms with Crippen LogP contribution in [0.1, 0.15) is 19.4 Å². The van der Waals surface area contributed by atoms with Crippen molar-refractivity contribution in [1.82, 2.24) is 4.90 Å². The van der Waals surface area contributed by atoms with E-state index in [9.17, 15) is 13.2 Å². The maximum atomic E-state index is 12.3. The van der Waals surface area contributed by atoms with Crippen LogP contribution in [0.5, 0.6) is 5.75 Å². The molecule has 0 heterocycles. The van der Waals surface area contributed by atoms with Gasteiger partial charge in [-0.25, -0.2) is 0 Å². The van der Waals surface area contributed by atoms with Gasteiger partial charge in [0.05, 0.1) is 12.9 Å². The summed E-state index contributed by atoms with van der Waals surface area (Å²) in [4.78, 5) is 13.9. The van der Waals surface area contributed by atoms with Crippen molar-refractivity contribution in [2.75, 3.05) is 26.5 Å². The molecule has 1 aromatic rings. The average Bonchev–Trinajstić information content (AvgIpc) is 2.43. The maximum absolute atomic E-state index is 12.3. The van der Waals surface area contributed by atoms with Gasteiger partial charge in [0.25, 0.3) is 0 Å². The van der Waals surface area contributed by atoms with Crippen LogP contribution in [0.4, 0.5) is 0 Å². The average molecular weight is 364 g/mol. The second-order valence-corrected chi connectivity index (χ2v) is 7.46. The summed E-state index contributed by atoms with van der Waals surface area (Å²) < 4.78 is 32.8. The maximum Gasteiger partial charge on any atom is 0.306 e. The van der Waals surface area contributed by atoms with E-state index in [1.165, 1.54) is 12.1 Å². The number of rotatable bonds is 8. The van der Waals surface area contributed by atoms with E-state index in [1.807, 2.05) is 0 Å². The Bertz CT molecular complexity index is 645. The smallest absolute Gasteiger partial charge is 0.306 e. The first-order valence-corrected chi connectivity index (χ1v) is 9.29. The Balaban J connectivity index is 3.10. The van der Waals surface area contributed by atoms with Gasteiger partial charge in [-0.3, -0.25) is 4.79 Å². The molecule has 0 spiro atoms. The van der Waals surface area contributed by atoms with E-state index >= 15 is 0 Å². The van der Waals surface area contributed by atoms with Crippen LogP contribution < -0.4 is 4.18 Å². The SMILES string of the molecule is COCCN(Cc1cc(Cl)ccc1OS(C)(=O)=O)C(=O)C(C)C. The molecule has 0 aliphatic rings. The molecule has 6 nitrogen and oxygen atoms in total. The number of hydrogen-bond acceptors (Lipinski definition) is 5. The van der Waals surface area contributed by atoms with Gasteiger partial charge in [-0.1, -0.05) is 25.4 Å². The number of halogens is 1. The van der Waals surface area contributed by atoms with E-state index in [0.29, 0.717) is 23.7 Å². The normalized spacial score (nSPS) is 11.6. The highest BCUT2D eigenvalue weighted by molar-refractivity contribution is 7.86. The highest BCUT2D eigenvalue weighted by atomic mass is 35.5. The molecule has 0 bridgehead atoms. The molecule has 0 N–H and O–H groups in total. The number of methoxy groups -OCH3 is 1. The van der Waals surface area contributed by atoms with Gasteiger partial charge in [-0.05, 0) is 18.2 Å². The zero-order valence-electron chi connectivity index (χ0n) is 13.7. The molecule has 0 saturated heterocycles. The third-order valence-corrected chi connectivity index (χ3v) is 3.71. The van der Waals surface area contributed by atoms with E-state index in [-0.39, 0.29) is 24.1 Å². The lowest BCUT2D eigenvalue weighted by molar-refractivity contribution is -0.135. The second-order valence-electron chi connectivity index (χ2n) is 5.45. The van der Waals surface area contributed by atoms with Gasteiger partial charge in [-0.15, -0.1) is 0 Å². The van der Waals surface area contributed by atoms with E-state index in [1.54, 1.807) is 31.9 Å². The van der Waals surface area contributed by atoms with Crippen LogP contribution in [-0.4, -0.2) is 45.7 Å². The summed E-state index contributed by atoms with van der Waals surface area (Å²) in [6.07, 6.45) is 0.966. The molecule has 0 aliphatic carbocycles. The van der Waals surface area contributed by atoms with Crippen LogP contribution in [-0.2, 0) is 26.2 Å². The Morgan fingerprint density at radius 3 is 2.52 bits per heavy atom. The van der Waals surface area contributed by atoms with Crippen LogP contribution in [0, 0.1) is 5.92 Å². The van der Waals surface area contributed by atoms with E-state index in [4.69, 9.17) is 20.5 Å². The van der Waals surface area contributed by atoms with Crippen LogP contribution in [0.25, 0.3) is 0 Å². The zero-order chi connectivity index (χ0) is 17.6. The Morgan fingerprint density at radius 2 is 2.00 bits per heavy atom. The van der Waals surface area contributed by atoms with Crippen LogP contribution >= 0.6 is 11.6 Å². The standard InChI is InChI=1S/C15H22ClNO5S/c1-11(2)15(18)17(7-8-21-3)10-12-9-13(16)5-6-14(12)22-23(4,19)20/h5-6,9,11H,7-8,10H2,1-4H3. The predicted molar refractivity (Wildman–Crippen MR) is 89.1 cm³/mol. The molecule has 8 heteroatoms. The van der Waals surface area contributed by atoms with Crippen molar-refractivity contribution in [2.24, 2.45) is 5.92 Å². The van der Waals surface area contributed by atoms with Crippen LogP contribution in [0.2, 0.25) is 5.02 Å². The third kappa shape index (κ3) is 6.76. The van der Waals surface area contributed by atoms with Gasteiger partial charge < -0.3 is 13.8 Å². The number of benzene rings is 1. The van der Waals surface area contributed by atoms with Crippen molar-refractivity contribution in [3.8, 4) is 5.75 Å².